The van der Waals surface area contributed by atoms with Crippen LogP contribution < -0.4 is 0 Å². The lowest BCUT2D eigenvalue weighted by Gasteiger charge is -2.10. The maximum absolute atomic E-state index is 11.6. The maximum atomic E-state index is 11.6. The summed E-state index contributed by atoms with van der Waals surface area (Å²) in [5.74, 6) is -0.782. The number of aryl methyl sites for hydroxylation is 1. The van der Waals surface area contributed by atoms with Crippen molar-refractivity contribution in [2.45, 2.75) is 26.4 Å². The summed E-state index contributed by atoms with van der Waals surface area (Å²) in [7, 11) is 1.47. The molecule has 0 spiro atoms. The first kappa shape index (κ1) is 16.9. The summed E-state index contributed by atoms with van der Waals surface area (Å²) in [6.45, 7) is 3.81. The molecule has 1 aromatic rings. The van der Waals surface area contributed by atoms with E-state index in [2.05, 4.69) is 14.8 Å². The van der Waals surface area contributed by atoms with Gasteiger partial charge in [0.05, 0.1) is 17.2 Å². The zero-order valence-electron chi connectivity index (χ0n) is 12.2. The van der Waals surface area contributed by atoms with Crippen molar-refractivity contribution in [3.8, 4) is 0 Å². The van der Waals surface area contributed by atoms with Gasteiger partial charge in [-0.25, -0.2) is 14.5 Å². The standard InChI is InChI=1S/C14H18O7/c1-4-11-5-7-12(8-6-11)13(15)19-21-20-14(16)18-10(2)9-17-3/h5-8,10H,4,9H2,1-3H3. The van der Waals surface area contributed by atoms with Crippen molar-refractivity contribution in [3.63, 3.8) is 0 Å². The number of hydrogen-bond acceptors (Lipinski definition) is 7. The zero-order valence-corrected chi connectivity index (χ0v) is 12.2. The van der Waals surface area contributed by atoms with Gasteiger partial charge in [0.1, 0.15) is 6.10 Å². The second-order valence-corrected chi connectivity index (χ2v) is 4.21. The second-order valence-electron chi connectivity index (χ2n) is 4.21. The molecule has 1 aromatic carbocycles. The average molecular weight is 298 g/mol. The molecule has 0 amide bonds. The predicted molar refractivity (Wildman–Crippen MR) is 71.2 cm³/mol. The molecule has 116 valence electrons. The van der Waals surface area contributed by atoms with Crippen LogP contribution in [0.25, 0.3) is 0 Å². The smallest absolute Gasteiger partial charge is 0.427 e. The highest BCUT2D eigenvalue weighted by Gasteiger charge is 2.14. The van der Waals surface area contributed by atoms with E-state index < -0.39 is 18.2 Å². The van der Waals surface area contributed by atoms with Crippen LogP contribution in [-0.2, 0) is 30.7 Å². The third-order valence-electron chi connectivity index (χ3n) is 2.51. The van der Waals surface area contributed by atoms with Crippen LogP contribution in [0.4, 0.5) is 4.79 Å². The van der Waals surface area contributed by atoms with Crippen LogP contribution in [0.5, 0.6) is 0 Å². The van der Waals surface area contributed by atoms with Gasteiger partial charge in [0.25, 0.3) is 0 Å². The van der Waals surface area contributed by atoms with E-state index >= 15 is 0 Å². The van der Waals surface area contributed by atoms with E-state index in [9.17, 15) is 9.59 Å². The minimum atomic E-state index is -1.13. The highest BCUT2D eigenvalue weighted by molar-refractivity contribution is 5.88. The molecule has 0 bridgehead atoms. The van der Waals surface area contributed by atoms with Crippen LogP contribution in [0.1, 0.15) is 29.8 Å². The van der Waals surface area contributed by atoms with Crippen molar-refractivity contribution in [3.05, 3.63) is 35.4 Å². The highest BCUT2D eigenvalue weighted by atomic mass is 17.5. The Labute approximate surface area is 122 Å². The minimum absolute atomic E-state index is 0.207. The molecule has 0 aliphatic heterocycles. The lowest BCUT2D eigenvalue weighted by Crippen LogP contribution is -2.21. The molecule has 0 aliphatic carbocycles. The Morgan fingerprint density at radius 2 is 1.81 bits per heavy atom. The van der Waals surface area contributed by atoms with E-state index in [-0.39, 0.29) is 12.2 Å². The Hall–Kier alpha value is -2.12. The maximum Gasteiger partial charge on any atom is 0.543 e. The fraction of sp³-hybridized carbons (Fsp3) is 0.429. The van der Waals surface area contributed by atoms with Gasteiger partial charge in [-0.05, 0) is 31.0 Å². The molecular weight excluding hydrogens is 280 g/mol. The van der Waals surface area contributed by atoms with Crippen LogP contribution in [0, 0.1) is 0 Å². The van der Waals surface area contributed by atoms with E-state index in [1.807, 2.05) is 6.92 Å². The van der Waals surface area contributed by atoms with Crippen molar-refractivity contribution in [2.75, 3.05) is 13.7 Å². The van der Waals surface area contributed by atoms with E-state index in [4.69, 9.17) is 9.47 Å². The quantitative estimate of drug-likeness (QED) is 0.434. The van der Waals surface area contributed by atoms with Crippen LogP contribution >= 0.6 is 0 Å². The van der Waals surface area contributed by atoms with E-state index in [0.29, 0.717) is 0 Å². The number of carbonyl (C=O) groups excluding carboxylic acids is 2. The topological polar surface area (TPSA) is 80.3 Å². The number of hydrogen-bond donors (Lipinski definition) is 0. The summed E-state index contributed by atoms with van der Waals surface area (Å²) in [6.07, 6.45) is -0.780. The first-order chi connectivity index (χ1) is 10.1. The van der Waals surface area contributed by atoms with Crippen molar-refractivity contribution in [1.29, 1.82) is 0 Å². The van der Waals surface area contributed by atoms with Gasteiger partial charge in [-0.15, -0.1) is 0 Å². The van der Waals surface area contributed by atoms with Gasteiger partial charge in [-0.1, -0.05) is 19.1 Å². The summed E-state index contributed by atoms with van der Waals surface area (Å²) in [4.78, 5) is 31.1. The third kappa shape index (κ3) is 6.24. The van der Waals surface area contributed by atoms with Gasteiger partial charge in [0.2, 0.25) is 0 Å². The Bertz CT molecular complexity index is 455. The van der Waals surface area contributed by atoms with E-state index in [0.717, 1.165) is 12.0 Å². The molecule has 0 aliphatic rings. The number of ether oxygens (including phenoxy) is 2. The molecule has 0 N–H and O–H groups in total. The number of rotatable bonds is 7. The Morgan fingerprint density at radius 1 is 1.14 bits per heavy atom. The molecule has 1 atom stereocenters. The van der Waals surface area contributed by atoms with Gasteiger partial charge in [0, 0.05) is 7.11 Å². The van der Waals surface area contributed by atoms with Crippen molar-refractivity contribution in [1.82, 2.24) is 0 Å². The molecular formula is C14H18O7. The molecule has 0 saturated carbocycles. The van der Waals surface area contributed by atoms with Crippen molar-refractivity contribution < 1.29 is 33.9 Å². The van der Waals surface area contributed by atoms with E-state index in [1.54, 1.807) is 31.2 Å². The second kappa shape index (κ2) is 8.93. The minimum Gasteiger partial charge on any atom is -0.427 e. The third-order valence-corrected chi connectivity index (χ3v) is 2.51. The molecule has 7 nitrogen and oxygen atoms in total. The average Bonchev–Trinajstić information content (AvgIpc) is 2.47. The predicted octanol–water partition coefficient (Wildman–Crippen LogP) is 2.44. The summed E-state index contributed by atoms with van der Waals surface area (Å²) >= 11 is 0. The summed E-state index contributed by atoms with van der Waals surface area (Å²) in [5, 5.41) is 4.08. The molecule has 0 fully saturated rings. The summed E-state index contributed by atoms with van der Waals surface area (Å²) in [5.41, 5.74) is 1.36. The van der Waals surface area contributed by atoms with Gasteiger partial charge in [-0.3, -0.25) is 4.89 Å². The van der Waals surface area contributed by atoms with Crippen LogP contribution in [-0.4, -0.2) is 31.9 Å². The molecule has 7 heteroatoms. The largest absolute Gasteiger partial charge is 0.543 e. The Kier molecular flexibility index (Phi) is 7.20. The first-order valence-corrected chi connectivity index (χ1v) is 6.40. The normalized spacial score (nSPS) is 11.6. The molecule has 0 heterocycles. The molecule has 21 heavy (non-hydrogen) atoms. The van der Waals surface area contributed by atoms with Crippen LogP contribution in [0.3, 0.4) is 0 Å². The fourth-order valence-electron chi connectivity index (χ4n) is 1.45. The first-order valence-electron chi connectivity index (χ1n) is 6.40. The Balaban J connectivity index is 2.31. The molecule has 1 rings (SSSR count). The number of benzene rings is 1. The van der Waals surface area contributed by atoms with Gasteiger partial charge in [0.15, 0.2) is 0 Å². The molecule has 0 radical (unpaired) electrons. The highest BCUT2D eigenvalue weighted by Crippen LogP contribution is 2.07. The molecule has 1 unspecified atom stereocenters. The van der Waals surface area contributed by atoms with Crippen LogP contribution in [0.15, 0.2) is 24.3 Å². The van der Waals surface area contributed by atoms with Crippen LogP contribution in [0.2, 0.25) is 0 Å². The molecule has 0 saturated heterocycles. The van der Waals surface area contributed by atoms with Gasteiger partial charge in [-0.2, -0.15) is 0 Å². The summed E-state index contributed by atoms with van der Waals surface area (Å²) in [6, 6.07) is 6.75. The fourth-order valence-corrected chi connectivity index (χ4v) is 1.45. The SMILES string of the molecule is CCc1ccc(C(=O)OOOC(=O)OC(C)COC)cc1. The van der Waals surface area contributed by atoms with E-state index in [1.165, 1.54) is 7.11 Å². The van der Waals surface area contributed by atoms with Gasteiger partial charge < -0.3 is 9.47 Å². The number of carbonyl (C=O) groups is 2. The number of methoxy groups -OCH3 is 1. The summed E-state index contributed by atoms with van der Waals surface area (Å²) < 4.78 is 9.47. The van der Waals surface area contributed by atoms with Crippen molar-refractivity contribution in [2.24, 2.45) is 0 Å². The van der Waals surface area contributed by atoms with Gasteiger partial charge >= 0.3 is 12.1 Å². The van der Waals surface area contributed by atoms with Crippen molar-refractivity contribution >= 4 is 12.1 Å². The Morgan fingerprint density at radius 3 is 2.38 bits per heavy atom. The lowest BCUT2D eigenvalue weighted by molar-refractivity contribution is -0.453. The zero-order chi connectivity index (χ0) is 15.7. The molecule has 0 aromatic heterocycles. The monoisotopic (exact) mass is 298 g/mol. The lowest BCUT2D eigenvalue weighted by atomic mass is 10.1.